The van der Waals surface area contributed by atoms with Gasteiger partial charge in [-0.3, -0.25) is 5.32 Å². The molecule has 0 spiro atoms. The lowest BCUT2D eigenvalue weighted by molar-refractivity contribution is -0.137. The van der Waals surface area contributed by atoms with Gasteiger partial charge in [-0.1, -0.05) is 6.07 Å². The van der Waals surface area contributed by atoms with Gasteiger partial charge < -0.3 is 0 Å². The molecule has 1 aliphatic heterocycles. The standard InChI is InChI=1S/C9H5F3N/c10-9(11,12)7-2-1-6-3-4-13-8(6)5-7/h1-5H. The van der Waals surface area contributed by atoms with Gasteiger partial charge in [0.1, 0.15) is 0 Å². The van der Waals surface area contributed by atoms with Crippen LogP contribution in [0.2, 0.25) is 0 Å². The summed E-state index contributed by atoms with van der Waals surface area (Å²) in [7, 11) is 0. The van der Waals surface area contributed by atoms with Gasteiger partial charge in [0.15, 0.2) is 0 Å². The van der Waals surface area contributed by atoms with Crippen molar-refractivity contribution in [2.24, 2.45) is 0 Å². The fourth-order valence-corrected chi connectivity index (χ4v) is 1.17. The van der Waals surface area contributed by atoms with Crippen LogP contribution in [0.1, 0.15) is 11.1 Å². The number of fused-ring (bicyclic) bond motifs is 1. The van der Waals surface area contributed by atoms with E-state index in [1.165, 1.54) is 12.3 Å². The number of hydrogen-bond donors (Lipinski definition) is 0. The van der Waals surface area contributed by atoms with Crippen molar-refractivity contribution in [2.45, 2.75) is 6.18 Å². The predicted molar refractivity (Wildman–Crippen MR) is 42.3 cm³/mol. The molecule has 0 aliphatic carbocycles. The van der Waals surface area contributed by atoms with E-state index in [0.717, 1.165) is 17.7 Å². The summed E-state index contributed by atoms with van der Waals surface area (Å²) in [5.41, 5.74) is 0.460. The van der Waals surface area contributed by atoms with Gasteiger partial charge in [0, 0.05) is 11.8 Å². The molecule has 1 heterocycles. The van der Waals surface area contributed by atoms with E-state index in [0.29, 0.717) is 5.69 Å². The van der Waals surface area contributed by atoms with Crippen molar-refractivity contribution in [1.29, 1.82) is 0 Å². The monoisotopic (exact) mass is 184 g/mol. The zero-order valence-electron chi connectivity index (χ0n) is 6.47. The molecule has 0 saturated carbocycles. The molecule has 0 bridgehead atoms. The fraction of sp³-hybridized carbons (Fsp3) is 0.111. The fourth-order valence-electron chi connectivity index (χ4n) is 1.17. The first kappa shape index (κ1) is 8.16. The number of hydrogen-bond acceptors (Lipinski definition) is 0. The van der Waals surface area contributed by atoms with Crippen LogP contribution in [0.3, 0.4) is 0 Å². The molecule has 0 atom stereocenters. The number of halogens is 3. The average Bonchev–Trinajstić information content (AvgIpc) is 2.47. The summed E-state index contributed by atoms with van der Waals surface area (Å²) in [5.74, 6) is 0. The van der Waals surface area contributed by atoms with Crippen LogP contribution in [0.25, 0.3) is 6.08 Å². The third-order valence-electron chi connectivity index (χ3n) is 1.83. The Balaban J connectivity index is 2.45. The molecule has 13 heavy (non-hydrogen) atoms. The van der Waals surface area contributed by atoms with E-state index in [1.54, 1.807) is 6.08 Å². The van der Waals surface area contributed by atoms with Crippen LogP contribution in [0.15, 0.2) is 24.4 Å². The van der Waals surface area contributed by atoms with Crippen LogP contribution in [-0.4, -0.2) is 0 Å². The molecule has 0 unspecified atom stereocenters. The van der Waals surface area contributed by atoms with Crippen molar-refractivity contribution in [3.63, 3.8) is 0 Å². The Bertz CT molecular complexity index is 366. The second kappa shape index (κ2) is 2.52. The lowest BCUT2D eigenvalue weighted by atomic mass is 10.1. The van der Waals surface area contributed by atoms with Crippen molar-refractivity contribution in [1.82, 2.24) is 5.32 Å². The van der Waals surface area contributed by atoms with Gasteiger partial charge in [-0.2, -0.15) is 13.2 Å². The van der Waals surface area contributed by atoms with Crippen LogP contribution >= 0.6 is 0 Å². The first-order valence-corrected chi connectivity index (χ1v) is 3.66. The van der Waals surface area contributed by atoms with Gasteiger partial charge in [0.05, 0.1) is 11.3 Å². The molecule has 2 rings (SSSR count). The van der Waals surface area contributed by atoms with Crippen LogP contribution in [0.4, 0.5) is 18.9 Å². The minimum Gasteiger partial charge on any atom is -0.256 e. The average molecular weight is 184 g/mol. The number of benzene rings is 1. The second-order valence-corrected chi connectivity index (χ2v) is 2.72. The predicted octanol–water partition coefficient (Wildman–Crippen LogP) is 2.93. The van der Waals surface area contributed by atoms with E-state index in [-0.39, 0.29) is 0 Å². The molecule has 0 aromatic heterocycles. The third kappa shape index (κ3) is 1.39. The Morgan fingerprint density at radius 2 is 1.92 bits per heavy atom. The quantitative estimate of drug-likeness (QED) is 0.588. The normalized spacial score (nSPS) is 14.1. The minimum atomic E-state index is -4.28. The first-order valence-electron chi connectivity index (χ1n) is 3.66. The van der Waals surface area contributed by atoms with Gasteiger partial charge in [-0.25, -0.2) is 0 Å². The van der Waals surface area contributed by atoms with Gasteiger partial charge in [0.2, 0.25) is 0 Å². The van der Waals surface area contributed by atoms with Crippen LogP contribution in [-0.2, 0) is 6.18 Å². The maximum absolute atomic E-state index is 12.2. The van der Waals surface area contributed by atoms with Crippen LogP contribution in [0.5, 0.6) is 0 Å². The minimum absolute atomic E-state index is 0.384. The molecule has 0 fully saturated rings. The summed E-state index contributed by atoms with van der Waals surface area (Å²) in [5, 5.41) is 3.79. The Morgan fingerprint density at radius 3 is 2.62 bits per heavy atom. The summed E-state index contributed by atoms with van der Waals surface area (Å²) >= 11 is 0. The summed E-state index contributed by atoms with van der Waals surface area (Å²) in [6, 6.07) is 3.53. The van der Waals surface area contributed by atoms with Gasteiger partial charge in [-0.05, 0) is 18.2 Å². The van der Waals surface area contributed by atoms with Gasteiger partial charge in [-0.15, -0.1) is 0 Å². The summed E-state index contributed by atoms with van der Waals surface area (Å²) in [6.07, 6.45) is -1.12. The molecule has 1 nitrogen and oxygen atoms in total. The van der Waals surface area contributed by atoms with E-state index in [4.69, 9.17) is 0 Å². The topological polar surface area (TPSA) is 14.1 Å². The van der Waals surface area contributed by atoms with Crippen molar-refractivity contribution >= 4 is 11.8 Å². The number of alkyl halides is 3. The van der Waals surface area contributed by atoms with E-state index in [1.807, 2.05) is 0 Å². The maximum atomic E-state index is 12.2. The second-order valence-electron chi connectivity index (χ2n) is 2.72. The third-order valence-corrected chi connectivity index (χ3v) is 1.83. The summed E-state index contributed by atoms with van der Waals surface area (Å²) in [4.78, 5) is 0. The van der Waals surface area contributed by atoms with E-state index < -0.39 is 11.7 Å². The molecule has 1 radical (unpaired) electrons. The molecule has 1 aliphatic rings. The van der Waals surface area contributed by atoms with E-state index in [9.17, 15) is 13.2 Å². The molecule has 0 amide bonds. The molecule has 1 aromatic carbocycles. The summed E-state index contributed by atoms with van der Waals surface area (Å²) in [6.45, 7) is 0. The highest BCUT2D eigenvalue weighted by molar-refractivity contribution is 5.69. The van der Waals surface area contributed by atoms with Crippen LogP contribution in [0, 0.1) is 0 Å². The molecular formula is C9H5F3N. The number of rotatable bonds is 0. The lowest BCUT2D eigenvalue weighted by Crippen LogP contribution is -2.04. The lowest BCUT2D eigenvalue weighted by Gasteiger charge is -2.07. The first-order chi connectivity index (χ1) is 6.07. The largest absolute Gasteiger partial charge is 0.416 e. The van der Waals surface area contributed by atoms with Crippen LogP contribution < -0.4 is 5.32 Å². The summed E-state index contributed by atoms with van der Waals surface area (Å²) < 4.78 is 36.6. The van der Waals surface area contributed by atoms with Crippen molar-refractivity contribution in [2.75, 3.05) is 0 Å². The van der Waals surface area contributed by atoms with Gasteiger partial charge in [0.25, 0.3) is 0 Å². The van der Waals surface area contributed by atoms with Crippen molar-refractivity contribution < 1.29 is 13.2 Å². The molecular weight excluding hydrogens is 179 g/mol. The Hall–Kier alpha value is -1.45. The highest BCUT2D eigenvalue weighted by Gasteiger charge is 2.31. The molecule has 4 heteroatoms. The zero-order valence-corrected chi connectivity index (χ0v) is 6.47. The molecule has 1 aromatic rings. The Labute approximate surface area is 72.9 Å². The van der Waals surface area contributed by atoms with E-state index in [2.05, 4.69) is 5.32 Å². The Kier molecular flexibility index (Phi) is 1.58. The highest BCUT2D eigenvalue weighted by atomic mass is 19.4. The Morgan fingerprint density at radius 1 is 1.15 bits per heavy atom. The number of nitrogens with zero attached hydrogens (tertiary/aromatic N) is 1. The smallest absolute Gasteiger partial charge is 0.256 e. The van der Waals surface area contributed by atoms with E-state index >= 15 is 0 Å². The molecule has 67 valence electrons. The molecule has 0 N–H and O–H groups in total. The highest BCUT2D eigenvalue weighted by Crippen LogP contribution is 2.33. The van der Waals surface area contributed by atoms with Gasteiger partial charge >= 0.3 is 6.18 Å². The molecule has 0 saturated heterocycles. The maximum Gasteiger partial charge on any atom is 0.416 e. The SMILES string of the molecule is FC(F)(F)c1ccc2c(c1)[N]C=C2. The van der Waals surface area contributed by atoms with Crippen molar-refractivity contribution in [3.8, 4) is 0 Å². The van der Waals surface area contributed by atoms with Crippen molar-refractivity contribution in [3.05, 3.63) is 35.5 Å². The zero-order chi connectivity index (χ0) is 9.47.